The molecule has 1 aromatic carbocycles. The van der Waals surface area contributed by atoms with Gasteiger partial charge in [0.25, 0.3) is 5.91 Å². The Balaban J connectivity index is 1.17. The molecular formula is C24H30N4OS. The van der Waals surface area contributed by atoms with Crippen LogP contribution in [0.1, 0.15) is 27.3 Å². The lowest BCUT2D eigenvalue weighted by molar-refractivity contribution is 0.0942. The van der Waals surface area contributed by atoms with Crippen LogP contribution in [0, 0.1) is 6.92 Å². The smallest absolute Gasteiger partial charge is 0.267 e. The monoisotopic (exact) mass is 422 g/mol. The first-order chi connectivity index (χ1) is 14.7. The van der Waals surface area contributed by atoms with E-state index < -0.39 is 0 Å². The molecule has 1 N–H and O–H groups in total. The number of hydrogen-bond donors (Lipinski definition) is 1. The molecule has 0 saturated carbocycles. The third-order valence-electron chi connectivity index (χ3n) is 5.64. The van der Waals surface area contributed by atoms with Crippen molar-refractivity contribution >= 4 is 22.9 Å². The Hall–Kier alpha value is -2.57. The SMILES string of the molecule is Cc1cccc(N2CCN(CCCNC(=O)c3cccn3Cc3cccs3)CC2)c1. The van der Waals surface area contributed by atoms with Gasteiger partial charge < -0.3 is 14.8 Å². The normalized spacial score (nSPS) is 14.8. The summed E-state index contributed by atoms with van der Waals surface area (Å²) >= 11 is 1.72. The van der Waals surface area contributed by atoms with Gasteiger partial charge in [-0.25, -0.2) is 0 Å². The summed E-state index contributed by atoms with van der Waals surface area (Å²) in [5.41, 5.74) is 3.37. The van der Waals surface area contributed by atoms with E-state index in [4.69, 9.17) is 0 Å². The van der Waals surface area contributed by atoms with Crippen molar-refractivity contribution in [3.63, 3.8) is 0 Å². The molecular weight excluding hydrogens is 392 g/mol. The number of hydrogen-bond acceptors (Lipinski definition) is 4. The molecule has 30 heavy (non-hydrogen) atoms. The fourth-order valence-corrected chi connectivity index (χ4v) is 4.68. The number of carbonyl (C=O) groups excluding carboxylic acids is 1. The maximum atomic E-state index is 12.6. The number of nitrogens with one attached hydrogen (secondary N) is 1. The van der Waals surface area contributed by atoms with E-state index in [1.807, 2.05) is 29.0 Å². The number of amides is 1. The van der Waals surface area contributed by atoms with E-state index in [1.165, 1.54) is 16.1 Å². The molecule has 0 atom stereocenters. The van der Waals surface area contributed by atoms with Crippen LogP contribution in [0.2, 0.25) is 0 Å². The van der Waals surface area contributed by atoms with Gasteiger partial charge in [-0.15, -0.1) is 11.3 Å². The Labute approximate surface area is 182 Å². The highest BCUT2D eigenvalue weighted by Crippen LogP contribution is 2.18. The van der Waals surface area contributed by atoms with Crippen molar-refractivity contribution < 1.29 is 4.79 Å². The number of carbonyl (C=O) groups is 1. The topological polar surface area (TPSA) is 40.5 Å². The van der Waals surface area contributed by atoms with Gasteiger partial charge in [0.1, 0.15) is 5.69 Å². The summed E-state index contributed by atoms with van der Waals surface area (Å²) in [5, 5.41) is 5.16. The molecule has 0 radical (unpaired) electrons. The van der Waals surface area contributed by atoms with Gasteiger partial charge in [0.15, 0.2) is 0 Å². The summed E-state index contributed by atoms with van der Waals surface area (Å²) in [6.45, 7) is 8.90. The molecule has 0 unspecified atom stereocenters. The van der Waals surface area contributed by atoms with E-state index in [2.05, 4.69) is 57.8 Å². The van der Waals surface area contributed by atoms with Crippen molar-refractivity contribution in [2.45, 2.75) is 19.9 Å². The summed E-state index contributed by atoms with van der Waals surface area (Å²) in [6, 6.07) is 16.7. The molecule has 6 heteroatoms. The largest absolute Gasteiger partial charge is 0.369 e. The lowest BCUT2D eigenvalue weighted by atomic mass is 10.2. The Morgan fingerprint density at radius 1 is 1.07 bits per heavy atom. The highest BCUT2D eigenvalue weighted by Gasteiger charge is 2.17. The van der Waals surface area contributed by atoms with E-state index in [9.17, 15) is 4.79 Å². The first kappa shape index (κ1) is 20.7. The molecule has 1 fully saturated rings. The maximum absolute atomic E-state index is 12.6. The number of aromatic nitrogens is 1. The number of rotatable bonds is 8. The number of piperazine rings is 1. The number of benzene rings is 1. The number of anilines is 1. The third kappa shape index (κ3) is 5.32. The van der Waals surface area contributed by atoms with Gasteiger partial charge in [0.2, 0.25) is 0 Å². The van der Waals surface area contributed by atoms with Crippen molar-refractivity contribution in [2.75, 3.05) is 44.2 Å². The number of aryl methyl sites for hydroxylation is 1. The summed E-state index contributed by atoms with van der Waals surface area (Å²) in [5.74, 6) is 0.0147. The Bertz CT molecular complexity index is 942. The van der Waals surface area contributed by atoms with Crippen LogP contribution in [-0.2, 0) is 6.54 Å². The van der Waals surface area contributed by atoms with Gasteiger partial charge in [0, 0.05) is 49.5 Å². The Morgan fingerprint density at radius 2 is 1.93 bits per heavy atom. The molecule has 0 bridgehead atoms. The van der Waals surface area contributed by atoms with E-state index >= 15 is 0 Å². The van der Waals surface area contributed by atoms with E-state index in [1.54, 1.807) is 11.3 Å². The van der Waals surface area contributed by atoms with E-state index in [0.717, 1.165) is 51.4 Å². The van der Waals surface area contributed by atoms with Crippen LogP contribution in [0.15, 0.2) is 60.1 Å². The first-order valence-electron chi connectivity index (χ1n) is 10.7. The third-order valence-corrected chi connectivity index (χ3v) is 6.51. The average Bonchev–Trinajstić information content (AvgIpc) is 3.44. The molecule has 1 saturated heterocycles. The van der Waals surface area contributed by atoms with Gasteiger partial charge in [-0.2, -0.15) is 0 Å². The number of nitrogens with zero attached hydrogens (tertiary/aromatic N) is 3. The van der Waals surface area contributed by atoms with Crippen molar-refractivity contribution in [2.24, 2.45) is 0 Å². The zero-order valence-corrected chi connectivity index (χ0v) is 18.4. The van der Waals surface area contributed by atoms with Crippen LogP contribution >= 0.6 is 11.3 Å². The van der Waals surface area contributed by atoms with Crippen LogP contribution in [0.3, 0.4) is 0 Å². The highest BCUT2D eigenvalue weighted by molar-refractivity contribution is 7.09. The minimum absolute atomic E-state index is 0.0147. The molecule has 1 aliphatic rings. The molecule has 1 aliphatic heterocycles. The molecule has 4 rings (SSSR count). The number of thiophene rings is 1. The Morgan fingerprint density at radius 3 is 2.70 bits per heavy atom. The lowest BCUT2D eigenvalue weighted by Gasteiger charge is -2.36. The average molecular weight is 423 g/mol. The predicted molar refractivity (Wildman–Crippen MR) is 125 cm³/mol. The minimum atomic E-state index is 0.0147. The summed E-state index contributed by atoms with van der Waals surface area (Å²) in [6.07, 6.45) is 2.95. The van der Waals surface area contributed by atoms with Crippen molar-refractivity contribution in [3.05, 3.63) is 76.2 Å². The molecule has 2 aromatic heterocycles. The standard InChI is InChI=1S/C24H30N4OS/c1-20-6-2-7-21(18-20)27-15-13-26(14-16-27)11-5-10-25-24(29)23-9-3-12-28(23)19-22-8-4-17-30-22/h2-4,6-9,12,17-18H,5,10-11,13-16,19H2,1H3,(H,25,29). The summed E-state index contributed by atoms with van der Waals surface area (Å²) in [4.78, 5) is 18.8. The van der Waals surface area contributed by atoms with Crippen molar-refractivity contribution in [1.82, 2.24) is 14.8 Å². The highest BCUT2D eigenvalue weighted by atomic mass is 32.1. The molecule has 3 heterocycles. The summed E-state index contributed by atoms with van der Waals surface area (Å²) in [7, 11) is 0. The van der Waals surface area contributed by atoms with Gasteiger partial charge in [-0.1, -0.05) is 18.2 Å². The second kappa shape index (κ2) is 9.96. The zero-order chi connectivity index (χ0) is 20.8. The molecule has 158 valence electrons. The maximum Gasteiger partial charge on any atom is 0.267 e. The van der Waals surface area contributed by atoms with Gasteiger partial charge in [-0.3, -0.25) is 9.69 Å². The van der Waals surface area contributed by atoms with Gasteiger partial charge >= 0.3 is 0 Å². The van der Waals surface area contributed by atoms with Crippen LogP contribution in [0.5, 0.6) is 0 Å². The minimum Gasteiger partial charge on any atom is -0.369 e. The molecule has 5 nitrogen and oxygen atoms in total. The van der Waals surface area contributed by atoms with Crippen LogP contribution < -0.4 is 10.2 Å². The van der Waals surface area contributed by atoms with E-state index in [-0.39, 0.29) is 5.91 Å². The quantitative estimate of drug-likeness (QED) is 0.561. The van der Waals surface area contributed by atoms with Gasteiger partial charge in [0.05, 0.1) is 6.54 Å². The molecule has 0 spiro atoms. The Kier molecular flexibility index (Phi) is 6.87. The first-order valence-corrected chi connectivity index (χ1v) is 11.6. The second-order valence-electron chi connectivity index (χ2n) is 7.88. The molecule has 1 amide bonds. The van der Waals surface area contributed by atoms with Gasteiger partial charge in [-0.05, 0) is 61.2 Å². The molecule has 3 aromatic rings. The lowest BCUT2D eigenvalue weighted by Crippen LogP contribution is -2.47. The fraction of sp³-hybridized carbons (Fsp3) is 0.375. The zero-order valence-electron chi connectivity index (χ0n) is 17.6. The van der Waals surface area contributed by atoms with Crippen LogP contribution in [0.25, 0.3) is 0 Å². The van der Waals surface area contributed by atoms with Crippen molar-refractivity contribution in [3.8, 4) is 0 Å². The predicted octanol–water partition coefficient (Wildman–Crippen LogP) is 3.85. The van der Waals surface area contributed by atoms with E-state index in [0.29, 0.717) is 6.54 Å². The molecule has 0 aliphatic carbocycles. The van der Waals surface area contributed by atoms with Crippen molar-refractivity contribution in [1.29, 1.82) is 0 Å². The second-order valence-corrected chi connectivity index (χ2v) is 8.91. The van der Waals surface area contributed by atoms with Crippen LogP contribution in [0.4, 0.5) is 5.69 Å². The van der Waals surface area contributed by atoms with Crippen LogP contribution in [-0.4, -0.2) is 54.6 Å². The fourth-order valence-electron chi connectivity index (χ4n) is 3.98. The summed E-state index contributed by atoms with van der Waals surface area (Å²) < 4.78 is 2.02.